The highest BCUT2D eigenvalue weighted by atomic mass is 19.4. The maximum Gasteiger partial charge on any atom is 0.460 e. The number of alkyl halides is 38. The Morgan fingerprint density at radius 3 is 0.530 bits per heavy atom. The van der Waals surface area contributed by atoms with Gasteiger partial charge in [0, 0.05) is 12.2 Å². The minimum Gasteiger partial charge on any atom is -0.456 e. The van der Waals surface area contributed by atoms with Gasteiger partial charge in [-0.3, -0.25) is 0 Å². The van der Waals surface area contributed by atoms with E-state index in [-0.39, 0.29) is 0 Å². The van der Waals surface area contributed by atoms with Crippen molar-refractivity contribution in [3.8, 4) is 0 Å². The number of ether oxygens (including phenoxy) is 2. The Bertz CT molecular complexity index is 1670. The largest absolute Gasteiger partial charge is 0.460 e. The Morgan fingerprint density at radius 2 is 0.379 bits per heavy atom. The molecule has 0 atom stereocenters. The standard InChI is InChI=1S/C24H6F38O4/c25-7(26,9(29,30)11(33,34)13(37,38)15(41,42)17(45,46)19(49,50)21(53,54)23(57,58)59)3-65-5(63)1-2-6(64)66-4-8(27,28)10(31,32)12(35,36)14(39,40)16(43,44)18(47,48)20(51,52)22(55,56)24(60,61)62/h1-2H,3-4H2/b2-1+. The van der Waals surface area contributed by atoms with Gasteiger partial charge >= 0.3 is 119 Å². The van der Waals surface area contributed by atoms with E-state index >= 15 is 0 Å². The van der Waals surface area contributed by atoms with Gasteiger partial charge in [-0.1, -0.05) is 0 Å². The van der Waals surface area contributed by atoms with E-state index in [9.17, 15) is 176 Å². The quantitative estimate of drug-likeness (QED) is 0.0693. The minimum absolute atomic E-state index is 1.24. The molecular weight excluding hydrogens is 1070 g/mol. The van der Waals surface area contributed by atoms with Crippen molar-refractivity contribution in [3.63, 3.8) is 0 Å². The van der Waals surface area contributed by atoms with Gasteiger partial charge in [0.15, 0.2) is 13.2 Å². The van der Waals surface area contributed by atoms with Gasteiger partial charge in [-0.2, -0.15) is 167 Å². The summed E-state index contributed by atoms with van der Waals surface area (Å²) in [5, 5.41) is 0. The van der Waals surface area contributed by atoms with Crippen molar-refractivity contribution >= 4 is 11.9 Å². The lowest BCUT2D eigenvalue weighted by atomic mass is 9.87. The SMILES string of the molecule is O=C(/C=C/C(=O)OCC(F)(F)C(F)(F)C(F)(F)C(F)(F)C(F)(F)C(F)(F)C(F)(F)C(F)(F)C(F)(F)F)OCC(F)(F)C(F)(F)C(F)(F)C(F)(F)C(F)(F)C(F)(F)C(F)(F)C(F)(F)C(F)(F)F. The maximum atomic E-state index is 13.8. The van der Waals surface area contributed by atoms with Gasteiger partial charge in [0.25, 0.3) is 0 Å². The molecule has 0 unspecified atom stereocenters. The molecule has 4 nitrogen and oxygen atoms in total. The van der Waals surface area contributed by atoms with Crippen LogP contribution in [0.4, 0.5) is 167 Å². The first kappa shape index (κ1) is 62.0. The van der Waals surface area contributed by atoms with E-state index in [1.165, 1.54) is 0 Å². The van der Waals surface area contributed by atoms with Gasteiger partial charge < -0.3 is 9.47 Å². The molecule has 392 valence electrons. The van der Waals surface area contributed by atoms with Crippen LogP contribution < -0.4 is 0 Å². The second-order valence-corrected chi connectivity index (χ2v) is 12.0. The number of halogens is 38. The topological polar surface area (TPSA) is 52.6 Å². The lowest BCUT2D eigenvalue weighted by Crippen LogP contribution is -2.76. The van der Waals surface area contributed by atoms with E-state index in [0.717, 1.165) is 0 Å². The van der Waals surface area contributed by atoms with Crippen LogP contribution in [0, 0.1) is 0 Å². The van der Waals surface area contributed by atoms with Gasteiger partial charge in [-0.05, 0) is 0 Å². The van der Waals surface area contributed by atoms with Gasteiger partial charge in [0.2, 0.25) is 0 Å². The lowest BCUT2D eigenvalue weighted by Gasteiger charge is -2.43. The van der Waals surface area contributed by atoms with Crippen molar-refractivity contribution in [1.29, 1.82) is 0 Å². The average molecular weight is 1080 g/mol. The number of hydrogen-bond acceptors (Lipinski definition) is 4. The molecule has 0 heterocycles. The molecule has 0 rings (SSSR count). The molecule has 0 spiro atoms. The van der Waals surface area contributed by atoms with E-state index in [2.05, 4.69) is 9.47 Å². The Hall–Kier alpha value is -3.98. The molecule has 0 bridgehead atoms. The lowest BCUT2D eigenvalue weighted by molar-refractivity contribution is -0.469. The highest BCUT2D eigenvalue weighted by Gasteiger charge is 2.98. The summed E-state index contributed by atoms with van der Waals surface area (Å²) < 4.78 is 511. The van der Waals surface area contributed by atoms with Crippen molar-refractivity contribution in [3.05, 3.63) is 12.2 Å². The van der Waals surface area contributed by atoms with Crippen LogP contribution >= 0.6 is 0 Å². The van der Waals surface area contributed by atoms with Crippen LogP contribution in [0.1, 0.15) is 0 Å². The normalized spacial score (nSPS) is 16.5. The van der Waals surface area contributed by atoms with E-state index in [1.807, 2.05) is 0 Å². The van der Waals surface area contributed by atoms with Crippen LogP contribution in [0.2, 0.25) is 0 Å². The molecule has 0 aromatic heterocycles. The first-order valence-corrected chi connectivity index (χ1v) is 14.2. The zero-order valence-corrected chi connectivity index (χ0v) is 28.6. The number of carbonyl (C=O) groups excluding carboxylic acids is 2. The molecule has 0 aromatic carbocycles. The summed E-state index contributed by atoms with van der Waals surface area (Å²) >= 11 is 0. The molecule has 42 heteroatoms. The molecule has 0 aliphatic heterocycles. The maximum absolute atomic E-state index is 13.8. The Kier molecular flexibility index (Phi) is 15.3. The molecule has 66 heavy (non-hydrogen) atoms. The summed E-state index contributed by atoms with van der Waals surface area (Å²) in [5.41, 5.74) is 0. The first-order chi connectivity index (χ1) is 28.0. The number of esters is 2. The molecule has 0 N–H and O–H groups in total. The van der Waals surface area contributed by atoms with Crippen molar-refractivity contribution in [2.75, 3.05) is 13.2 Å². The van der Waals surface area contributed by atoms with Gasteiger partial charge in [0.1, 0.15) is 0 Å². The fraction of sp³-hybridized carbons (Fsp3) is 0.833. The monoisotopic (exact) mass is 1080 g/mol. The van der Waals surface area contributed by atoms with Gasteiger partial charge in [-0.15, -0.1) is 0 Å². The summed E-state index contributed by atoms with van der Waals surface area (Å²) in [6.45, 7) is -8.32. The summed E-state index contributed by atoms with van der Waals surface area (Å²) in [4.78, 5) is 22.5. The summed E-state index contributed by atoms with van der Waals surface area (Å²) in [5.74, 6) is -149. The van der Waals surface area contributed by atoms with Crippen molar-refractivity contribution in [1.82, 2.24) is 0 Å². The molecular formula is C24H6F38O4. The predicted octanol–water partition coefficient (Wildman–Crippen LogP) is 11.9. The first-order valence-electron chi connectivity index (χ1n) is 14.2. The zero-order chi connectivity index (χ0) is 54.4. The van der Waals surface area contributed by atoms with E-state index in [4.69, 9.17) is 0 Å². The van der Waals surface area contributed by atoms with E-state index in [1.54, 1.807) is 0 Å². The second-order valence-electron chi connectivity index (χ2n) is 12.0. The number of rotatable bonds is 20. The fourth-order valence-corrected chi connectivity index (χ4v) is 3.52. The molecule has 0 aromatic rings. The van der Waals surface area contributed by atoms with Crippen molar-refractivity contribution in [2.45, 2.75) is 107 Å². The Labute approximate surface area is 331 Å². The van der Waals surface area contributed by atoms with Crippen molar-refractivity contribution < 1.29 is 186 Å². The number of carbonyl (C=O) groups is 2. The van der Waals surface area contributed by atoms with Crippen LogP contribution in [0.3, 0.4) is 0 Å². The third-order valence-electron chi connectivity index (χ3n) is 7.51. The van der Waals surface area contributed by atoms with Crippen LogP contribution in [0.15, 0.2) is 12.2 Å². The summed E-state index contributed by atoms with van der Waals surface area (Å²) in [7, 11) is 0. The van der Waals surface area contributed by atoms with Crippen molar-refractivity contribution in [2.24, 2.45) is 0 Å². The fourth-order valence-electron chi connectivity index (χ4n) is 3.52. The van der Waals surface area contributed by atoms with Gasteiger partial charge in [-0.25, -0.2) is 9.59 Å². The molecule has 0 amide bonds. The highest BCUT2D eigenvalue weighted by Crippen LogP contribution is 2.67. The zero-order valence-electron chi connectivity index (χ0n) is 28.6. The summed E-state index contributed by atoms with van der Waals surface area (Å²) in [6, 6.07) is 0. The summed E-state index contributed by atoms with van der Waals surface area (Å²) in [6.07, 6.45) is -18.9. The molecule has 0 saturated heterocycles. The molecule has 0 aliphatic carbocycles. The Morgan fingerprint density at radius 1 is 0.242 bits per heavy atom. The Balaban J connectivity index is 6.46. The second kappa shape index (κ2) is 16.3. The average Bonchev–Trinajstić information content (AvgIpc) is 3.09. The van der Waals surface area contributed by atoms with Crippen LogP contribution in [-0.4, -0.2) is 132 Å². The molecule has 0 aliphatic rings. The molecule has 0 saturated carbocycles. The third kappa shape index (κ3) is 8.48. The van der Waals surface area contributed by atoms with E-state index < -0.39 is 144 Å². The smallest absolute Gasteiger partial charge is 0.456 e. The predicted molar refractivity (Wildman–Crippen MR) is 122 cm³/mol. The van der Waals surface area contributed by atoms with Crippen LogP contribution in [-0.2, 0) is 19.1 Å². The highest BCUT2D eigenvalue weighted by molar-refractivity contribution is 5.91. The third-order valence-corrected chi connectivity index (χ3v) is 7.51. The van der Waals surface area contributed by atoms with Crippen LogP contribution in [0.25, 0.3) is 0 Å². The van der Waals surface area contributed by atoms with E-state index in [0.29, 0.717) is 0 Å². The van der Waals surface area contributed by atoms with Crippen LogP contribution in [0.5, 0.6) is 0 Å². The minimum atomic E-state index is -9.41. The number of hydrogen-bond donors (Lipinski definition) is 0. The van der Waals surface area contributed by atoms with Gasteiger partial charge in [0.05, 0.1) is 0 Å². The molecule has 0 radical (unpaired) electrons. The molecule has 0 fully saturated rings.